The largest absolute Gasteiger partial charge is 0.460 e. The van der Waals surface area contributed by atoms with E-state index >= 15 is 0 Å². The molecule has 0 spiro atoms. The summed E-state index contributed by atoms with van der Waals surface area (Å²) in [6.45, 7) is 5.54. The SMILES string of the molecule is CCCCCCCCCCCCCCCCCCC(COP(O)OCCCNC)OC(=O)CC. The van der Waals surface area contributed by atoms with Crippen molar-refractivity contribution in [2.24, 2.45) is 0 Å². The van der Waals surface area contributed by atoms with E-state index in [0.29, 0.717) is 13.0 Å². The van der Waals surface area contributed by atoms with E-state index in [1.165, 1.54) is 89.9 Å². The maximum atomic E-state index is 11.7. The van der Waals surface area contributed by atoms with Gasteiger partial charge in [-0.15, -0.1) is 0 Å². The number of unbranched alkanes of at least 4 members (excludes halogenated alkanes) is 15. The molecule has 0 aromatic carbocycles. The van der Waals surface area contributed by atoms with E-state index < -0.39 is 8.60 Å². The zero-order valence-corrected chi connectivity index (χ0v) is 23.6. The van der Waals surface area contributed by atoms with Gasteiger partial charge in [0.15, 0.2) is 0 Å². The van der Waals surface area contributed by atoms with Gasteiger partial charge >= 0.3 is 14.6 Å². The molecule has 0 heterocycles. The highest BCUT2D eigenvalue weighted by Crippen LogP contribution is 2.33. The molecule has 0 radical (unpaired) electrons. The third kappa shape index (κ3) is 24.9. The Labute approximate surface area is 212 Å². The summed E-state index contributed by atoms with van der Waals surface area (Å²) >= 11 is 0. The van der Waals surface area contributed by atoms with Gasteiger partial charge in [-0.2, -0.15) is 0 Å². The van der Waals surface area contributed by atoms with Gasteiger partial charge in [0.2, 0.25) is 0 Å². The second-order valence-electron chi connectivity index (χ2n) is 9.38. The Morgan fingerprint density at radius 2 is 1.26 bits per heavy atom. The number of esters is 1. The lowest BCUT2D eigenvalue weighted by Crippen LogP contribution is -2.22. The van der Waals surface area contributed by atoms with Crippen molar-refractivity contribution in [3.8, 4) is 0 Å². The Morgan fingerprint density at radius 3 is 1.74 bits per heavy atom. The molecule has 2 N–H and O–H groups in total. The third-order valence-electron chi connectivity index (χ3n) is 6.11. The van der Waals surface area contributed by atoms with Crippen molar-refractivity contribution in [2.75, 3.05) is 26.8 Å². The molecule has 2 unspecified atom stereocenters. The van der Waals surface area contributed by atoms with Crippen LogP contribution in [0.2, 0.25) is 0 Å². The molecule has 0 aliphatic heterocycles. The second kappa shape index (κ2) is 27.3. The van der Waals surface area contributed by atoms with Crippen LogP contribution < -0.4 is 5.32 Å². The number of rotatable bonds is 27. The minimum Gasteiger partial charge on any atom is -0.460 e. The Morgan fingerprint density at radius 1 is 0.765 bits per heavy atom. The maximum absolute atomic E-state index is 11.7. The van der Waals surface area contributed by atoms with Gasteiger partial charge < -0.3 is 24.0 Å². The molecule has 34 heavy (non-hydrogen) atoms. The molecule has 0 aromatic heterocycles. The van der Waals surface area contributed by atoms with Crippen molar-refractivity contribution >= 4 is 14.6 Å². The van der Waals surface area contributed by atoms with Crippen LogP contribution >= 0.6 is 8.60 Å². The summed E-state index contributed by atoms with van der Waals surface area (Å²) in [5, 5.41) is 3.03. The zero-order valence-electron chi connectivity index (χ0n) is 22.7. The highest BCUT2D eigenvalue weighted by atomic mass is 31.2. The van der Waals surface area contributed by atoms with Crippen LogP contribution in [0.3, 0.4) is 0 Å². The lowest BCUT2D eigenvalue weighted by Gasteiger charge is -2.19. The number of carbonyl (C=O) groups excluding carboxylic acids is 1. The first-order chi connectivity index (χ1) is 16.6. The Balaban J connectivity index is 3.66. The summed E-state index contributed by atoms with van der Waals surface area (Å²) < 4.78 is 16.2. The predicted octanol–water partition coefficient (Wildman–Crippen LogP) is 7.82. The van der Waals surface area contributed by atoms with E-state index in [0.717, 1.165) is 32.2 Å². The fourth-order valence-corrected chi connectivity index (χ4v) is 4.59. The van der Waals surface area contributed by atoms with Gasteiger partial charge in [-0.1, -0.05) is 110 Å². The highest BCUT2D eigenvalue weighted by molar-refractivity contribution is 7.40. The van der Waals surface area contributed by atoms with E-state index in [1.807, 2.05) is 7.05 Å². The smallest absolute Gasteiger partial charge is 0.329 e. The minimum absolute atomic E-state index is 0.193. The van der Waals surface area contributed by atoms with Crippen LogP contribution in [0.25, 0.3) is 0 Å². The average molecular weight is 506 g/mol. The number of hydrogen-bond acceptors (Lipinski definition) is 6. The van der Waals surface area contributed by atoms with Gasteiger partial charge in [0.1, 0.15) is 6.10 Å². The minimum atomic E-state index is -1.92. The second-order valence-corrected chi connectivity index (χ2v) is 10.4. The third-order valence-corrected chi connectivity index (χ3v) is 6.88. The van der Waals surface area contributed by atoms with Crippen LogP contribution in [0.4, 0.5) is 0 Å². The van der Waals surface area contributed by atoms with Gasteiger partial charge in [0.05, 0.1) is 13.2 Å². The molecule has 6 nitrogen and oxygen atoms in total. The van der Waals surface area contributed by atoms with E-state index in [9.17, 15) is 9.69 Å². The van der Waals surface area contributed by atoms with Gasteiger partial charge in [-0.05, 0) is 32.9 Å². The Kier molecular flexibility index (Phi) is 27.1. The van der Waals surface area contributed by atoms with Crippen LogP contribution in [-0.2, 0) is 18.6 Å². The van der Waals surface area contributed by atoms with Crippen LogP contribution in [-0.4, -0.2) is 43.8 Å². The van der Waals surface area contributed by atoms with Crippen LogP contribution in [0.5, 0.6) is 0 Å². The molecule has 0 saturated heterocycles. The van der Waals surface area contributed by atoms with E-state index in [-0.39, 0.29) is 18.7 Å². The first kappa shape index (κ1) is 33.7. The average Bonchev–Trinajstić information content (AvgIpc) is 2.84. The monoisotopic (exact) mass is 505 g/mol. The number of carbonyl (C=O) groups is 1. The Hall–Kier alpha value is -0.260. The molecule has 0 aromatic rings. The Bertz CT molecular complexity index is 428. The van der Waals surface area contributed by atoms with Crippen molar-refractivity contribution in [2.45, 2.75) is 142 Å². The molecule has 7 heteroatoms. The fraction of sp³-hybridized carbons (Fsp3) is 0.963. The van der Waals surface area contributed by atoms with Crippen LogP contribution in [0.15, 0.2) is 0 Å². The van der Waals surface area contributed by atoms with Crippen LogP contribution in [0, 0.1) is 0 Å². The molecule has 0 aliphatic rings. The molecule has 0 saturated carbocycles. The van der Waals surface area contributed by atoms with Crippen LogP contribution in [0.1, 0.15) is 136 Å². The fourth-order valence-electron chi connectivity index (χ4n) is 3.94. The summed E-state index contributed by atoms with van der Waals surface area (Å²) in [5.41, 5.74) is 0. The molecular weight excluding hydrogens is 449 g/mol. The summed E-state index contributed by atoms with van der Waals surface area (Å²) in [5.74, 6) is -0.220. The lowest BCUT2D eigenvalue weighted by molar-refractivity contribution is -0.150. The van der Waals surface area contributed by atoms with Crippen molar-refractivity contribution in [1.29, 1.82) is 0 Å². The molecule has 0 fully saturated rings. The first-order valence-corrected chi connectivity index (χ1v) is 15.4. The topological polar surface area (TPSA) is 77.0 Å². The van der Waals surface area contributed by atoms with E-state index in [1.54, 1.807) is 6.92 Å². The van der Waals surface area contributed by atoms with Gasteiger partial charge in [-0.3, -0.25) is 4.79 Å². The predicted molar refractivity (Wildman–Crippen MR) is 144 cm³/mol. The molecular formula is C27H56NO5P. The normalized spacial score (nSPS) is 13.2. The summed E-state index contributed by atoms with van der Waals surface area (Å²) in [6.07, 6.45) is 23.0. The van der Waals surface area contributed by atoms with Crippen molar-refractivity contribution in [1.82, 2.24) is 5.32 Å². The molecule has 0 aliphatic carbocycles. The van der Waals surface area contributed by atoms with Crippen molar-refractivity contribution < 1.29 is 23.5 Å². The molecule has 0 bridgehead atoms. The number of hydrogen-bond donors (Lipinski definition) is 2. The van der Waals surface area contributed by atoms with Gasteiger partial charge in [0, 0.05) is 6.42 Å². The molecule has 0 amide bonds. The van der Waals surface area contributed by atoms with Gasteiger partial charge in [0.25, 0.3) is 0 Å². The molecule has 0 rings (SSSR count). The van der Waals surface area contributed by atoms with E-state index in [2.05, 4.69) is 12.2 Å². The number of nitrogens with one attached hydrogen (secondary N) is 1. The van der Waals surface area contributed by atoms with Crippen molar-refractivity contribution in [3.05, 3.63) is 0 Å². The van der Waals surface area contributed by atoms with Gasteiger partial charge in [-0.25, -0.2) is 0 Å². The summed E-state index contributed by atoms with van der Waals surface area (Å²) in [7, 11) is -0.0387. The van der Waals surface area contributed by atoms with Crippen molar-refractivity contribution in [3.63, 3.8) is 0 Å². The lowest BCUT2D eigenvalue weighted by atomic mass is 10.0. The standard InChI is InChI=1S/C27H56NO5P/c1-4-6-7-8-9-10-11-12-13-14-15-16-17-18-19-20-22-26(33-27(29)5-2)25-32-34(30)31-24-21-23-28-3/h26,28,30H,4-25H2,1-3H3. The first-order valence-electron chi connectivity index (χ1n) is 14.2. The summed E-state index contributed by atoms with van der Waals surface area (Å²) in [6, 6.07) is 0. The number of ether oxygens (including phenoxy) is 1. The zero-order chi connectivity index (χ0) is 25.1. The molecule has 204 valence electrons. The highest BCUT2D eigenvalue weighted by Gasteiger charge is 2.17. The molecule has 2 atom stereocenters. The maximum Gasteiger partial charge on any atom is 0.329 e. The van der Waals surface area contributed by atoms with E-state index in [4.69, 9.17) is 13.8 Å². The quantitative estimate of drug-likeness (QED) is 0.0673. The summed E-state index contributed by atoms with van der Waals surface area (Å²) in [4.78, 5) is 21.6.